The van der Waals surface area contributed by atoms with Gasteiger partial charge in [0.05, 0.1) is 30.7 Å². The quantitative estimate of drug-likeness (QED) is 0.831. The lowest BCUT2D eigenvalue weighted by molar-refractivity contribution is 0.0361. The first-order valence-corrected chi connectivity index (χ1v) is 7.54. The van der Waals surface area contributed by atoms with Crippen LogP contribution in [0.4, 0.5) is 5.82 Å². The first-order valence-electron chi connectivity index (χ1n) is 6.46. The molecular weight excluding hydrogens is 355 g/mol. The minimum absolute atomic E-state index is 0.627. The minimum Gasteiger partial charge on any atom is -0.382 e. The summed E-state index contributed by atoms with van der Waals surface area (Å²) < 4.78 is 8.53. The SMILES string of the molecule is Nc1nn(CCN2CCOCC2)c2cccc(I)c12. The minimum atomic E-state index is 0.627. The molecule has 0 unspecified atom stereocenters. The first-order chi connectivity index (χ1) is 9.25. The number of benzene rings is 1. The molecule has 0 spiro atoms. The molecule has 1 saturated heterocycles. The number of hydrogen-bond donors (Lipinski definition) is 1. The van der Waals surface area contributed by atoms with Crippen LogP contribution in [-0.4, -0.2) is 47.5 Å². The molecule has 1 aliphatic heterocycles. The number of nitrogens with two attached hydrogens (primary N) is 1. The van der Waals surface area contributed by atoms with E-state index in [1.54, 1.807) is 0 Å². The molecule has 19 heavy (non-hydrogen) atoms. The maximum absolute atomic E-state index is 6.02. The van der Waals surface area contributed by atoms with Crippen LogP contribution in [0.3, 0.4) is 0 Å². The van der Waals surface area contributed by atoms with Crippen molar-refractivity contribution in [2.24, 2.45) is 0 Å². The van der Waals surface area contributed by atoms with E-state index in [2.05, 4.69) is 50.8 Å². The number of anilines is 1. The van der Waals surface area contributed by atoms with Gasteiger partial charge in [0, 0.05) is 23.2 Å². The van der Waals surface area contributed by atoms with Crippen LogP contribution >= 0.6 is 22.6 Å². The van der Waals surface area contributed by atoms with Gasteiger partial charge in [0.25, 0.3) is 0 Å². The summed E-state index contributed by atoms with van der Waals surface area (Å²) in [4.78, 5) is 2.40. The molecular formula is C13H17IN4O. The maximum Gasteiger partial charge on any atom is 0.154 e. The summed E-state index contributed by atoms with van der Waals surface area (Å²) in [7, 11) is 0. The van der Waals surface area contributed by atoms with Crippen LogP contribution in [-0.2, 0) is 11.3 Å². The summed E-state index contributed by atoms with van der Waals surface area (Å²) in [5.74, 6) is 0.627. The predicted molar refractivity (Wildman–Crippen MR) is 84.1 cm³/mol. The van der Waals surface area contributed by atoms with Crippen LogP contribution in [0.25, 0.3) is 10.9 Å². The van der Waals surface area contributed by atoms with Gasteiger partial charge in [0.15, 0.2) is 5.82 Å². The first kappa shape index (κ1) is 13.1. The Balaban J connectivity index is 1.79. The average molecular weight is 372 g/mol. The molecule has 0 radical (unpaired) electrons. The van der Waals surface area contributed by atoms with E-state index in [-0.39, 0.29) is 0 Å². The van der Waals surface area contributed by atoms with Crippen LogP contribution in [0.2, 0.25) is 0 Å². The lowest BCUT2D eigenvalue weighted by Crippen LogP contribution is -2.38. The van der Waals surface area contributed by atoms with Crippen LogP contribution in [0, 0.1) is 3.57 Å². The zero-order valence-electron chi connectivity index (χ0n) is 10.7. The highest BCUT2D eigenvalue weighted by atomic mass is 127. The van der Waals surface area contributed by atoms with Gasteiger partial charge in [0.2, 0.25) is 0 Å². The average Bonchev–Trinajstić information content (AvgIpc) is 2.76. The summed E-state index contributed by atoms with van der Waals surface area (Å²) in [5, 5.41) is 5.54. The van der Waals surface area contributed by atoms with Gasteiger partial charge < -0.3 is 10.5 Å². The second-order valence-corrected chi connectivity index (χ2v) is 5.86. The fourth-order valence-electron chi connectivity index (χ4n) is 2.45. The predicted octanol–water partition coefficient (Wildman–Crippen LogP) is 1.56. The van der Waals surface area contributed by atoms with E-state index in [4.69, 9.17) is 10.5 Å². The molecule has 2 N–H and O–H groups in total. The number of rotatable bonds is 3. The number of halogens is 1. The Morgan fingerprint density at radius 1 is 1.26 bits per heavy atom. The second-order valence-electron chi connectivity index (χ2n) is 4.70. The molecule has 2 aromatic rings. The third kappa shape index (κ3) is 2.70. The summed E-state index contributed by atoms with van der Waals surface area (Å²) in [6.07, 6.45) is 0. The Kier molecular flexibility index (Phi) is 3.90. The van der Waals surface area contributed by atoms with E-state index in [1.807, 2.05) is 4.68 Å². The van der Waals surface area contributed by atoms with Crippen molar-refractivity contribution in [3.63, 3.8) is 0 Å². The lowest BCUT2D eigenvalue weighted by Gasteiger charge is -2.26. The molecule has 1 fully saturated rings. The van der Waals surface area contributed by atoms with Gasteiger partial charge in [-0.05, 0) is 34.7 Å². The van der Waals surface area contributed by atoms with Gasteiger partial charge in [-0.2, -0.15) is 5.10 Å². The molecule has 0 saturated carbocycles. The molecule has 1 aromatic carbocycles. The molecule has 1 aliphatic rings. The number of hydrogen-bond acceptors (Lipinski definition) is 4. The molecule has 3 rings (SSSR count). The number of morpholine rings is 1. The van der Waals surface area contributed by atoms with E-state index in [9.17, 15) is 0 Å². The fourth-order valence-corrected chi connectivity index (χ4v) is 3.21. The van der Waals surface area contributed by atoms with Crippen molar-refractivity contribution in [2.75, 3.05) is 38.6 Å². The van der Waals surface area contributed by atoms with Crippen LogP contribution in [0.5, 0.6) is 0 Å². The normalized spacial score (nSPS) is 17.1. The number of aromatic nitrogens is 2. The number of nitrogens with zero attached hydrogens (tertiary/aromatic N) is 3. The molecule has 5 nitrogen and oxygen atoms in total. The highest BCUT2D eigenvalue weighted by molar-refractivity contribution is 14.1. The summed E-state index contributed by atoms with van der Waals surface area (Å²) in [6, 6.07) is 6.20. The highest BCUT2D eigenvalue weighted by Crippen LogP contribution is 2.25. The second kappa shape index (κ2) is 5.64. The van der Waals surface area contributed by atoms with Gasteiger partial charge in [-0.15, -0.1) is 0 Å². The van der Waals surface area contributed by atoms with E-state index < -0.39 is 0 Å². The standard InChI is InChI=1S/C13H17IN4O/c14-10-2-1-3-11-12(10)13(15)16-18(11)5-4-17-6-8-19-9-7-17/h1-3H,4-9H2,(H2,15,16). The van der Waals surface area contributed by atoms with Gasteiger partial charge in [-0.1, -0.05) is 6.07 Å². The summed E-state index contributed by atoms with van der Waals surface area (Å²) in [5.41, 5.74) is 7.14. The fraction of sp³-hybridized carbons (Fsp3) is 0.462. The number of ether oxygens (including phenoxy) is 1. The number of fused-ring (bicyclic) bond motifs is 1. The van der Waals surface area contributed by atoms with Crippen molar-refractivity contribution in [2.45, 2.75) is 6.54 Å². The molecule has 0 aliphatic carbocycles. The van der Waals surface area contributed by atoms with Crippen molar-refractivity contribution in [1.82, 2.24) is 14.7 Å². The van der Waals surface area contributed by atoms with Gasteiger partial charge >= 0.3 is 0 Å². The Hall–Kier alpha value is -0.860. The highest BCUT2D eigenvalue weighted by Gasteiger charge is 2.13. The third-order valence-electron chi connectivity index (χ3n) is 3.49. The Morgan fingerprint density at radius 2 is 2.05 bits per heavy atom. The van der Waals surface area contributed by atoms with E-state index in [1.165, 1.54) is 0 Å². The lowest BCUT2D eigenvalue weighted by atomic mass is 10.2. The molecule has 0 bridgehead atoms. The molecule has 0 amide bonds. The van der Waals surface area contributed by atoms with Crippen molar-refractivity contribution in [1.29, 1.82) is 0 Å². The van der Waals surface area contributed by atoms with Gasteiger partial charge in [0.1, 0.15) is 0 Å². The Bertz CT molecular complexity index is 577. The Morgan fingerprint density at radius 3 is 2.84 bits per heavy atom. The third-order valence-corrected chi connectivity index (χ3v) is 4.38. The smallest absolute Gasteiger partial charge is 0.154 e. The molecule has 1 aromatic heterocycles. The van der Waals surface area contributed by atoms with Crippen molar-refractivity contribution in [3.8, 4) is 0 Å². The topological polar surface area (TPSA) is 56.3 Å². The van der Waals surface area contributed by atoms with Gasteiger partial charge in [-0.3, -0.25) is 9.58 Å². The monoisotopic (exact) mass is 372 g/mol. The summed E-state index contributed by atoms with van der Waals surface area (Å²) >= 11 is 2.31. The molecule has 6 heteroatoms. The van der Waals surface area contributed by atoms with Gasteiger partial charge in [-0.25, -0.2) is 0 Å². The van der Waals surface area contributed by atoms with E-state index in [0.717, 1.165) is 53.9 Å². The van der Waals surface area contributed by atoms with Crippen molar-refractivity contribution < 1.29 is 4.74 Å². The van der Waals surface area contributed by atoms with E-state index in [0.29, 0.717) is 5.82 Å². The largest absolute Gasteiger partial charge is 0.382 e. The summed E-state index contributed by atoms with van der Waals surface area (Å²) in [6.45, 7) is 5.54. The molecule has 102 valence electrons. The zero-order chi connectivity index (χ0) is 13.2. The van der Waals surface area contributed by atoms with Crippen LogP contribution in [0.15, 0.2) is 18.2 Å². The number of nitrogen functional groups attached to an aromatic ring is 1. The van der Waals surface area contributed by atoms with Crippen LogP contribution < -0.4 is 5.73 Å². The van der Waals surface area contributed by atoms with E-state index >= 15 is 0 Å². The van der Waals surface area contributed by atoms with Crippen molar-refractivity contribution in [3.05, 3.63) is 21.8 Å². The van der Waals surface area contributed by atoms with Crippen LogP contribution in [0.1, 0.15) is 0 Å². The Labute approximate surface area is 125 Å². The molecule has 0 atom stereocenters. The zero-order valence-corrected chi connectivity index (χ0v) is 12.8. The molecule has 2 heterocycles. The van der Waals surface area contributed by atoms with Crippen molar-refractivity contribution >= 4 is 39.3 Å². The maximum atomic E-state index is 6.02.